The van der Waals surface area contributed by atoms with Crippen molar-refractivity contribution >= 4 is 23.2 Å². The van der Waals surface area contributed by atoms with Crippen LogP contribution in [0.15, 0.2) is 65.4 Å². The molecule has 0 fully saturated rings. The first kappa shape index (κ1) is 17.6. The number of nitrogens with one attached hydrogen (secondary N) is 1. The number of dihydropyridines is 1. The van der Waals surface area contributed by atoms with E-state index in [1.165, 1.54) is 7.11 Å². The molecule has 0 aromatic heterocycles. The molecule has 144 valence electrons. The standard InChI is InChI=1S/C24H19NO4/c1-29-24(28)14-11-9-13(10-12-14)19-20-17(7-4-8-18(20)26)25-22-15-5-2-3-6-16(15)23(27)21(19)22/h2-3,5-6,9-12,19,25H,4,7-8H2,1H3/t19-/m0/s1. The van der Waals surface area contributed by atoms with Crippen molar-refractivity contribution in [2.24, 2.45) is 0 Å². The van der Waals surface area contributed by atoms with E-state index in [9.17, 15) is 14.4 Å². The lowest BCUT2D eigenvalue weighted by Gasteiger charge is -2.33. The second-order valence-electron chi connectivity index (χ2n) is 7.50. The number of rotatable bonds is 2. The number of allylic oxidation sites excluding steroid dienone is 3. The number of hydrogen-bond acceptors (Lipinski definition) is 5. The maximum absolute atomic E-state index is 13.3. The van der Waals surface area contributed by atoms with Gasteiger partial charge in [0.1, 0.15) is 0 Å². The average Bonchev–Trinajstić information content (AvgIpc) is 3.04. The van der Waals surface area contributed by atoms with E-state index in [0.717, 1.165) is 35.4 Å². The number of methoxy groups -OCH3 is 1. The molecular formula is C24H19NO4. The number of Topliss-reactive ketones (excluding diaryl/α,β-unsaturated/α-hetero) is 2. The van der Waals surface area contributed by atoms with Crippen LogP contribution in [0, 0.1) is 0 Å². The molecular weight excluding hydrogens is 366 g/mol. The summed E-state index contributed by atoms with van der Waals surface area (Å²) in [5.74, 6) is -0.813. The second-order valence-corrected chi connectivity index (χ2v) is 7.50. The van der Waals surface area contributed by atoms with Crippen LogP contribution < -0.4 is 5.32 Å². The third-order valence-corrected chi connectivity index (χ3v) is 5.93. The molecule has 2 aliphatic carbocycles. The summed E-state index contributed by atoms with van der Waals surface area (Å²) in [4.78, 5) is 38.0. The molecule has 1 N–H and O–H groups in total. The first-order chi connectivity index (χ1) is 14.1. The maximum Gasteiger partial charge on any atom is 0.337 e. The zero-order chi connectivity index (χ0) is 20.1. The Morgan fingerprint density at radius 3 is 2.41 bits per heavy atom. The molecule has 0 bridgehead atoms. The van der Waals surface area contributed by atoms with Crippen molar-refractivity contribution < 1.29 is 19.1 Å². The van der Waals surface area contributed by atoms with Gasteiger partial charge in [-0.1, -0.05) is 36.4 Å². The minimum Gasteiger partial charge on any atom is -0.465 e. The molecule has 0 saturated heterocycles. The van der Waals surface area contributed by atoms with Crippen LogP contribution in [0.5, 0.6) is 0 Å². The van der Waals surface area contributed by atoms with E-state index < -0.39 is 11.9 Å². The number of carbonyl (C=O) groups excluding carboxylic acids is 3. The fourth-order valence-corrected chi connectivity index (χ4v) is 4.60. The number of carbonyl (C=O) groups is 3. The van der Waals surface area contributed by atoms with Gasteiger partial charge in [-0.25, -0.2) is 4.79 Å². The highest BCUT2D eigenvalue weighted by Crippen LogP contribution is 2.48. The van der Waals surface area contributed by atoms with E-state index in [1.54, 1.807) is 12.1 Å². The summed E-state index contributed by atoms with van der Waals surface area (Å²) in [5, 5.41) is 3.42. The Balaban J connectivity index is 1.68. The lowest BCUT2D eigenvalue weighted by molar-refractivity contribution is -0.116. The topological polar surface area (TPSA) is 72.5 Å². The van der Waals surface area contributed by atoms with E-state index in [1.807, 2.05) is 36.4 Å². The van der Waals surface area contributed by atoms with Gasteiger partial charge in [-0.05, 0) is 30.5 Å². The summed E-state index contributed by atoms with van der Waals surface area (Å²) in [5.41, 5.74) is 5.82. The van der Waals surface area contributed by atoms with Gasteiger partial charge in [0.05, 0.1) is 18.4 Å². The third kappa shape index (κ3) is 2.58. The molecule has 3 aliphatic rings. The van der Waals surface area contributed by atoms with Gasteiger partial charge in [0.2, 0.25) is 0 Å². The van der Waals surface area contributed by atoms with Crippen LogP contribution in [0.4, 0.5) is 0 Å². The summed E-state index contributed by atoms with van der Waals surface area (Å²) in [6, 6.07) is 14.5. The SMILES string of the molecule is COC(=O)c1ccc([C@H]2C3=C(CCCC3=O)NC3=C2C(=O)c2ccccc23)cc1. The monoisotopic (exact) mass is 385 g/mol. The molecule has 2 aromatic rings. The molecule has 5 rings (SSSR count). The Bertz CT molecular complexity index is 1140. The molecule has 5 nitrogen and oxygen atoms in total. The molecule has 29 heavy (non-hydrogen) atoms. The molecule has 1 heterocycles. The van der Waals surface area contributed by atoms with E-state index in [-0.39, 0.29) is 11.6 Å². The molecule has 1 aliphatic heterocycles. The van der Waals surface area contributed by atoms with E-state index in [4.69, 9.17) is 4.74 Å². The summed E-state index contributed by atoms with van der Waals surface area (Å²) in [6.07, 6.45) is 2.07. The summed E-state index contributed by atoms with van der Waals surface area (Å²) in [7, 11) is 1.34. The van der Waals surface area contributed by atoms with Crippen molar-refractivity contribution in [3.05, 3.63) is 87.6 Å². The molecule has 0 amide bonds. The number of ether oxygens (including phenoxy) is 1. The Kier molecular flexibility index (Phi) is 3.98. The fourth-order valence-electron chi connectivity index (χ4n) is 4.60. The van der Waals surface area contributed by atoms with Crippen LogP contribution in [0.3, 0.4) is 0 Å². The molecule has 2 aromatic carbocycles. The van der Waals surface area contributed by atoms with Crippen molar-refractivity contribution in [1.29, 1.82) is 0 Å². The normalized spacial score (nSPS) is 20.1. The smallest absolute Gasteiger partial charge is 0.337 e. The zero-order valence-corrected chi connectivity index (χ0v) is 16.0. The summed E-state index contributed by atoms with van der Waals surface area (Å²) >= 11 is 0. The molecule has 0 radical (unpaired) electrons. The highest BCUT2D eigenvalue weighted by molar-refractivity contribution is 6.23. The quantitative estimate of drug-likeness (QED) is 0.797. The predicted molar refractivity (Wildman–Crippen MR) is 107 cm³/mol. The first-order valence-electron chi connectivity index (χ1n) is 9.70. The van der Waals surface area contributed by atoms with Crippen LogP contribution in [-0.4, -0.2) is 24.6 Å². The maximum atomic E-state index is 13.3. The number of ketones is 2. The third-order valence-electron chi connectivity index (χ3n) is 5.93. The van der Waals surface area contributed by atoms with Gasteiger partial charge in [0.15, 0.2) is 11.6 Å². The lowest BCUT2D eigenvalue weighted by Crippen LogP contribution is -2.31. The van der Waals surface area contributed by atoms with E-state index in [2.05, 4.69) is 5.32 Å². The van der Waals surface area contributed by atoms with Gasteiger partial charge in [-0.2, -0.15) is 0 Å². The van der Waals surface area contributed by atoms with Crippen LogP contribution in [0.2, 0.25) is 0 Å². The molecule has 0 spiro atoms. The largest absolute Gasteiger partial charge is 0.465 e. The minimum atomic E-state index is -0.430. The molecule has 1 atom stereocenters. The average molecular weight is 385 g/mol. The van der Waals surface area contributed by atoms with Gasteiger partial charge in [-0.3, -0.25) is 9.59 Å². The Morgan fingerprint density at radius 2 is 1.69 bits per heavy atom. The van der Waals surface area contributed by atoms with E-state index >= 15 is 0 Å². The van der Waals surface area contributed by atoms with Gasteiger partial charge in [-0.15, -0.1) is 0 Å². The number of esters is 1. The minimum absolute atomic E-state index is 0.0462. The van der Waals surface area contributed by atoms with E-state index in [0.29, 0.717) is 28.7 Å². The number of benzene rings is 2. The van der Waals surface area contributed by atoms with Crippen molar-refractivity contribution in [1.82, 2.24) is 5.32 Å². The lowest BCUT2D eigenvalue weighted by atomic mass is 9.75. The van der Waals surface area contributed by atoms with Crippen molar-refractivity contribution in [2.45, 2.75) is 25.2 Å². The predicted octanol–water partition coefficient (Wildman–Crippen LogP) is 3.77. The number of fused-ring (bicyclic) bond motifs is 2. The van der Waals surface area contributed by atoms with Crippen LogP contribution in [-0.2, 0) is 9.53 Å². The van der Waals surface area contributed by atoms with Crippen LogP contribution >= 0.6 is 0 Å². The highest BCUT2D eigenvalue weighted by Gasteiger charge is 2.43. The molecule has 0 unspecified atom stereocenters. The van der Waals surface area contributed by atoms with Crippen LogP contribution in [0.25, 0.3) is 5.70 Å². The zero-order valence-electron chi connectivity index (χ0n) is 16.0. The Morgan fingerprint density at radius 1 is 0.966 bits per heavy atom. The first-order valence-corrected chi connectivity index (χ1v) is 9.70. The Hall–Kier alpha value is -3.47. The van der Waals surface area contributed by atoms with Gasteiger partial charge >= 0.3 is 5.97 Å². The van der Waals surface area contributed by atoms with Crippen LogP contribution in [0.1, 0.15) is 57.0 Å². The molecule has 5 heteroatoms. The second kappa shape index (κ2) is 6.55. The van der Waals surface area contributed by atoms with Crippen molar-refractivity contribution in [3.63, 3.8) is 0 Å². The van der Waals surface area contributed by atoms with Gasteiger partial charge < -0.3 is 10.1 Å². The van der Waals surface area contributed by atoms with Crippen molar-refractivity contribution in [3.8, 4) is 0 Å². The van der Waals surface area contributed by atoms with Gasteiger partial charge in [0, 0.05) is 40.3 Å². The highest BCUT2D eigenvalue weighted by atomic mass is 16.5. The summed E-state index contributed by atoms with van der Waals surface area (Å²) < 4.78 is 4.78. The van der Waals surface area contributed by atoms with Gasteiger partial charge in [0.25, 0.3) is 0 Å². The summed E-state index contributed by atoms with van der Waals surface area (Å²) in [6.45, 7) is 0. The molecule has 0 saturated carbocycles. The number of hydrogen-bond donors (Lipinski definition) is 1. The Labute approximate surface area is 168 Å². The fraction of sp³-hybridized carbons (Fsp3) is 0.208. The van der Waals surface area contributed by atoms with Crippen molar-refractivity contribution in [2.75, 3.05) is 7.11 Å².